The molecule has 1 aliphatic rings. The molecule has 5 nitrogen and oxygen atoms in total. The van der Waals surface area contributed by atoms with Gasteiger partial charge in [0.2, 0.25) is 0 Å². The Morgan fingerprint density at radius 2 is 2.21 bits per heavy atom. The van der Waals surface area contributed by atoms with E-state index in [1.807, 2.05) is 26.8 Å². The Bertz CT molecular complexity index is 442. The molecule has 0 saturated heterocycles. The first-order chi connectivity index (χ1) is 9.02. The summed E-state index contributed by atoms with van der Waals surface area (Å²) < 4.78 is 5.65. The first-order valence-corrected chi connectivity index (χ1v) is 6.68. The maximum absolute atomic E-state index is 11.8. The number of rotatable bonds is 4. The lowest BCUT2D eigenvalue weighted by Gasteiger charge is -2.36. The molecule has 1 aromatic rings. The monoisotopic (exact) mass is 263 g/mol. The van der Waals surface area contributed by atoms with E-state index < -0.39 is 0 Å². The number of anilines is 1. The Hall–Kier alpha value is -1.62. The highest BCUT2D eigenvalue weighted by Crippen LogP contribution is 2.24. The lowest BCUT2D eigenvalue weighted by molar-refractivity contribution is -0.0473. The van der Waals surface area contributed by atoms with E-state index >= 15 is 0 Å². The number of aryl methyl sites for hydroxylation is 1. The van der Waals surface area contributed by atoms with Gasteiger partial charge in [-0.05, 0) is 45.7 Å². The minimum atomic E-state index is -0.168. The molecule has 2 amide bonds. The largest absolute Gasteiger partial charge is 0.375 e. The zero-order valence-electron chi connectivity index (χ0n) is 11.6. The van der Waals surface area contributed by atoms with Crippen LogP contribution >= 0.6 is 0 Å². The summed E-state index contributed by atoms with van der Waals surface area (Å²) >= 11 is 0. The van der Waals surface area contributed by atoms with Crippen LogP contribution < -0.4 is 10.6 Å². The summed E-state index contributed by atoms with van der Waals surface area (Å²) in [4.78, 5) is 15.9. The van der Waals surface area contributed by atoms with Gasteiger partial charge in [0.1, 0.15) is 0 Å². The van der Waals surface area contributed by atoms with Crippen LogP contribution in [0.15, 0.2) is 18.3 Å². The Morgan fingerprint density at radius 3 is 2.84 bits per heavy atom. The maximum Gasteiger partial charge on any atom is 0.319 e. The third-order valence-electron chi connectivity index (χ3n) is 3.05. The number of hydrogen-bond donors (Lipinski definition) is 2. The minimum absolute atomic E-state index is 0.168. The number of pyridine rings is 1. The number of nitrogens with zero attached hydrogens (tertiary/aromatic N) is 1. The fourth-order valence-electron chi connectivity index (χ4n) is 2.16. The van der Waals surface area contributed by atoms with E-state index in [1.165, 1.54) is 0 Å². The molecule has 1 aliphatic carbocycles. The third kappa shape index (κ3) is 4.21. The van der Waals surface area contributed by atoms with Crippen molar-refractivity contribution in [3.05, 3.63) is 24.0 Å². The van der Waals surface area contributed by atoms with E-state index in [1.54, 1.807) is 12.3 Å². The first-order valence-electron chi connectivity index (χ1n) is 6.68. The summed E-state index contributed by atoms with van der Waals surface area (Å²) in [6, 6.07) is 3.66. The van der Waals surface area contributed by atoms with Gasteiger partial charge >= 0.3 is 6.03 Å². The van der Waals surface area contributed by atoms with E-state index in [0.717, 1.165) is 24.2 Å². The summed E-state index contributed by atoms with van der Waals surface area (Å²) in [6.45, 7) is 5.95. The first kappa shape index (κ1) is 13.8. The molecule has 0 unspecified atom stereocenters. The Labute approximate surface area is 113 Å². The van der Waals surface area contributed by atoms with Crippen LogP contribution in [0.1, 0.15) is 32.4 Å². The van der Waals surface area contributed by atoms with Crippen molar-refractivity contribution in [1.29, 1.82) is 0 Å². The number of urea groups is 1. The second-order valence-corrected chi connectivity index (χ2v) is 5.26. The van der Waals surface area contributed by atoms with E-state index in [2.05, 4.69) is 15.6 Å². The van der Waals surface area contributed by atoms with Crippen LogP contribution in [0.4, 0.5) is 10.5 Å². The van der Waals surface area contributed by atoms with Crippen molar-refractivity contribution < 1.29 is 9.53 Å². The van der Waals surface area contributed by atoms with Crippen molar-refractivity contribution in [3.8, 4) is 0 Å². The molecule has 0 aromatic carbocycles. The number of amides is 2. The van der Waals surface area contributed by atoms with Crippen molar-refractivity contribution in [2.45, 2.75) is 51.9 Å². The lowest BCUT2D eigenvalue weighted by atomic mass is 9.89. The third-order valence-corrected chi connectivity index (χ3v) is 3.05. The molecule has 0 bridgehead atoms. The fourth-order valence-corrected chi connectivity index (χ4v) is 2.16. The van der Waals surface area contributed by atoms with Gasteiger partial charge in [-0.2, -0.15) is 0 Å². The molecule has 0 radical (unpaired) electrons. The predicted octanol–water partition coefficient (Wildman–Crippen LogP) is 2.47. The van der Waals surface area contributed by atoms with Crippen LogP contribution in [-0.4, -0.2) is 29.3 Å². The predicted molar refractivity (Wildman–Crippen MR) is 74.2 cm³/mol. The normalized spacial score (nSPS) is 21.9. The number of ether oxygens (including phenoxy) is 1. The van der Waals surface area contributed by atoms with Gasteiger partial charge in [-0.1, -0.05) is 0 Å². The van der Waals surface area contributed by atoms with Gasteiger partial charge in [0.25, 0.3) is 0 Å². The van der Waals surface area contributed by atoms with Crippen LogP contribution in [0.5, 0.6) is 0 Å². The molecule has 0 aliphatic heterocycles. The van der Waals surface area contributed by atoms with Crippen molar-refractivity contribution in [2.24, 2.45) is 0 Å². The molecule has 1 saturated carbocycles. The zero-order chi connectivity index (χ0) is 13.8. The van der Waals surface area contributed by atoms with Crippen LogP contribution in [0.25, 0.3) is 0 Å². The molecule has 1 heterocycles. The van der Waals surface area contributed by atoms with Crippen molar-refractivity contribution in [1.82, 2.24) is 10.3 Å². The average Bonchev–Trinajstić information content (AvgIpc) is 2.25. The van der Waals surface area contributed by atoms with Crippen LogP contribution in [0.3, 0.4) is 0 Å². The highest BCUT2D eigenvalue weighted by Gasteiger charge is 2.31. The standard InChI is InChI=1S/C14H21N3O2/c1-9(2)19-13-7-12(8-13)17-14(18)16-11-4-5-15-10(3)6-11/h4-6,9,12-13H,7-8H2,1-3H3,(H2,15,16,17,18). The summed E-state index contributed by atoms with van der Waals surface area (Å²) in [5.41, 5.74) is 1.64. The Balaban J connectivity index is 1.72. The molecule has 2 rings (SSSR count). The van der Waals surface area contributed by atoms with Gasteiger partial charge in [-0.15, -0.1) is 0 Å². The quantitative estimate of drug-likeness (QED) is 0.877. The lowest BCUT2D eigenvalue weighted by Crippen LogP contribution is -2.49. The van der Waals surface area contributed by atoms with Gasteiger partial charge < -0.3 is 15.4 Å². The molecule has 0 spiro atoms. The summed E-state index contributed by atoms with van der Waals surface area (Å²) in [5.74, 6) is 0. The summed E-state index contributed by atoms with van der Waals surface area (Å²) in [7, 11) is 0. The topological polar surface area (TPSA) is 63.2 Å². The molecular formula is C14H21N3O2. The number of nitrogens with one attached hydrogen (secondary N) is 2. The SMILES string of the molecule is Cc1cc(NC(=O)NC2CC(OC(C)C)C2)ccn1. The van der Waals surface area contributed by atoms with Crippen molar-refractivity contribution >= 4 is 11.7 Å². The van der Waals surface area contributed by atoms with Gasteiger partial charge in [0.05, 0.1) is 12.2 Å². The minimum Gasteiger partial charge on any atom is -0.375 e. The van der Waals surface area contributed by atoms with E-state index in [9.17, 15) is 4.79 Å². The maximum atomic E-state index is 11.8. The fraction of sp³-hybridized carbons (Fsp3) is 0.571. The van der Waals surface area contributed by atoms with Gasteiger partial charge in [-0.25, -0.2) is 4.79 Å². The highest BCUT2D eigenvalue weighted by molar-refractivity contribution is 5.89. The number of carbonyl (C=O) groups is 1. The summed E-state index contributed by atoms with van der Waals surface area (Å²) in [5, 5.41) is 5.74. The molecule has 19 heavy (non-hydrogen) atoms. The average molecular weight is 263 g/mol. The Morgan fingerprint density at radius 1 is 1.47 bits per heavy atom. The smallest absolute Gasteiger partial charge is 0.319 e. The van der Waals surface area contributed by atoms with Crippen LogP contribution in [0.2, 0.25) is 0 Å². The molecule has 0 atom stereocenters. The Kier molecular flexibility index (Phi) is 4.37. The molecule has 5 heteroatoms. The second kappa shape index (κ2) is 6.02. The second-order valence-electron chi connectivity index (χ2n) is 5.26. The molecule has 1 aromatic heterocycles. The van der Waals surface area contributed by atoms with E-state index in [0.29, 0.717) is 0 Å². The van der Waals surface area contributed by atoms with Crippen molar-refractivity contribution in [3.63, 3.8) is 0 Å². The molecular weight excluding hydrogens is 242 g/mol. The van der Waals surface area contributed by atoms with Gasteiger partial charge in [-0.3, -0.25) is 4.98 Å². The van der Waals surface area contributed by atoms with E-state index in [-0.39, 0.29) is 24.3 Å². The van der Waals surface area contributed by atoms with Gasteiger partial charge in [0, 0.05) is 23.6 Å². The number of hydrogen-bond acceptors (Lipinski definition) is 3. The van der Waals surface area contributed by atoms with Crippen LogP contribution in [-0.2, 0) is 4.74 Å². The van der Waals surface area contributed by atoms with Crippen LogP contribution in [0, 0.1) is 6.92 Å². The highest BCUT2D eigenvalue weighted by atomic mass is 16.5. The number of aromatic nitrogens is 1. The molecule has 2 N–H and O–H groups in total. The van der Waals surface area contributed by atoms with Crippen molar-refractivity contribution in [2.75, 3.05) is 5.32 Å². The van der Waals surface area contributed by atoms with E-state index in [4.69, 9.17) is 4.74 Å². The molecule has 104 valence electrons. The zero-order valence-corrected chi connectivity index (χ0v) is 11.6. The number of carbonyl (C=O) groups excluding carboxylic acids is 1. The molecule has 1 fully saturated rings. The van der Waals surface area contributed by atoms with Gasteiger partial charge in [0.15, 0.2) is 0 Å². The summed E-state index contributed by atoms with van der Waals surface area (Å²) in [6.07, 6.45) is 4.00.